The molecule has 1 rings (SSSR count). The Balaban J connectivity index is 2.38. The Morgan fingerprint density at radius 3 is 2.29 bits per heavy atom. The minimum absolute atomic E-state index is 0.0228. The van der Waals surface area contributed by atoms with Crippen LogP contribution in [0, 0.1) is 0 Å². The smallest absolute Gasteiger partial charge is 0.344 e. The molecule has 0 saturated heterocycles. The molecule has 0 heterocycles. The Bertz CT molecular complexity index is 482. The highest BCUT2D eigenvalue weighted by Gasteiger charge is 2.23. The molecule has 8 heteroatoms. The molecule has 0 bridgehead atoms. The van der Waals surface area contributed by atoms with Crippen molar-refractivity contribution >= 4 is 19.2 Å². The van der Waals surface area contributed by atoms with Crippen molar-refractivity contribution in [3.8, 4) is 5.75 Å². The number of phenolic OH excluding ortho intramolecular Hbond substituents is 1. The lowest BCUT2D eigenvalue weighted by Crippen LogP contribution is -2.29. The predicted molar refractivity (Wildman–Crippen MR) is 80.5 cm³/mol. The Morgan fingerprint density at radius 2 is 1.76 bits per heavy atom. The molecule has 0 aromatic heterocycles. The van der Waals surface area contributed by atoms with E-state index < -0.39 is 7.60 Å². The van der Waals surface area contributed by atoms with Gasteiger partial charge in [0.2, 0.25) is 5.91 Å². The van der Waals surface area contributed by atoms with Crippen LogP contribution in [0.5, 0.6) is 5.75 Å². The molecular weight excluding hydrogens is 295 g/mol. The van der Waals surface area contributed by atoms with Crippen LogP contribution in [0.15, 0.2) is 24.3 Å². The summed E-state index contributed by atoms with van der Waals surface area (Å²) >= 11 is 0. The molecule has 0 aliphatic rings. The molecular formula is C13H21N2O5P. The van der Waals surface area contributed by atoms with E-state index in [9.17, 15) is 9.36 Å². The van der Waals surface area contributed by atoms with Gasteiger partial charge in [0.1, 0.15) is 5.75 Å². The first-order chi connectivity index (χ1) is 9.99. The number of hydrogen-bond acceptors (Lipinski definition) is 6. The Labute approximate surface area is 124 Å². The first kappa shape index (κ1) is 17.7. The lowest BCUT2D eigenvalue weighted by atomic mass is 10.3. The summed E-state index contributed by atoms with van der Waals surface area (Å²) < 4.78 is 22.3. The van der Waals surface area contributed by atoms with E-state index >= 15 is 0 Å². The summed E-state index contributed by atoms with van der Waals surface area (Å²) in [6.07, 6.45) is -0.0301. The van der Waals surface area contributed by atoms with Crippen molar-refractivity contribution in [2.75, 3.05) is 31.4 Å². The van der Waals surface area contributed by atoms with Crippen LogP contribution >= 0.6 is 7.60 Å². The quantitative estimate of drug-likeness (QED) is 0.477. The van der Waals surface area contributed by atoms with E-state index in [1.807, 2.05) is 0 Å². The number of carbonyl (C=O) groups is 1. The van der Waals surface area contributed by atoms with Crippen molar-refractivity contribution in [3.63, 3.8) is 0 Å². The van der Waals surface area contributed by atoms with Crippen LogP contribution in [-0.4, -0.2) is 37.1 Å². The van der Waals surface area contributed by atoms with Crippen molar-refractivity contribution < 1.29 is 23.5 Å². The van der Waals surface area contributed by atoms with Crippen LogP contribution in [0.1, 0.15) is 13.8 Å². The van der Waals surface area contributed by atoms with E-state index in [4.69, 9.17) is 14.2 Å². The summed E-state index contributed by atoms with van der Waals surface area (Å²) in [7, 11) is -3.19. The number of aromatic hydroxyl groups is 1. The minimum atomic E-state index is -3.19. The Morgan fingerprint density at radius 1 is 1.19 bits per heavy atom. The van der Waals surface area contributed by atoms with E-state index in [0.717, 1.165) is 0 Å². The van der Waals surface area contributed by atoms with E-state index in [1.54, 1.807) is 26.0 Å². The maximum atomic E-state index is 12.1. The van der Waals surface area contributed by atoms with Gasteiger partial charge in [-0.2, -0.15) is 0 Å². The molecule has 0 unspecified atom stereocenters. The van der Waals surface area contributed by atoms with E-state index in [2.05, 4.69) is 10.6 Å². The third-order valence-corrected chi connectivity index (χ3v) is 4.31. The van der Waals surface area contributed by atoms with Gasteiger partial charge >= 0.3 is 7.60 Å². The molecule has 21 heavy (non-hydrogen) atoms. The van der Waals surface area contributed by atoms with Crippen LogP contribution in [0.2, 0.25) is 0 Å². The largest absolute Gasteiger partial charge is 0.508 e. The average Bonchev–Trinajstić information content (AvgIpc) is 2.42. The average molecular weight is 316 g/mol. The SMILES string of the molecule is CCOP(=O)(CNCC(=O)Nc1ccc(O)cc1)OCC. The van der Waals surface area contributed by atoms with Crippen molar-refractivity contribution in [1.29, 1.82) is 0 Å². The molecule has 118 valence electrons. The van der Waals surface area contributed by atoms with Gasteiger partial charge in [0.15, 0.2) is 0 Å². The normalized spacial score (nSPS) is 11.3. The summed E-state index contributed by atoms with van der Waals surface area (Å²) in [5, 5.41) is 14.5. The lowest BCUT2D eigenvalue weighted by Gasteiger charge is -2.17. The van der Waals surface area contributed by atoms with Gasteiger partial charge in [-0.25, -0.2) is 0 Å². The monoisotopic (exact) mass is 316 g/mol. The van der Waals surface area contributed by atoms with Gasteiger partial charge in [0.25, 0.3) is 0 Å². The summed E-state index contributed by atoms with van der Waals surface area (Å²) in [5.74, 6) is -0.166. The second-order valence-electron chi connectivity index (χ2n) is 4.13. The summed E-state index contributed by atoms with van der Waals surface area (Å²) in [5.41, 5.74) is 0.567. The number of hydrogen-bond donors (Lipinski definition) is 3. The number of amides is 1. The van der Waals surface area contributed by atoms with E-state index in [0.29, 0.717) is 5.69 Å². The fraction of sp³-hybridized carbons (Fsp3) is 0.462. The Hall–Kier alpha value is -1.40. The Kier molecular flexibility index (Phi) is 7.39. The number of rotatable bonds is 9. The number of carbonyl (C=O) groups excluding carboxylic acids is 1. The molecule has 1 aromatic rings. The topological polar surface area (TPSA) is 96.9 Å². The first-order valence-corrected chi connectivity index (χ1v) is 8.39. The van der Waals surface area contributed by atoms with Gasteiger partial charge in [-0.05, 0) is 38.1 Å². The summed E-state index contributed by atoms with van der Waals surface area (Å²) in [6.45, 7) is 3.98. The van der Waals surface area contributed by atoms with Crippen LogP contribution in [-0.2, 0) is 18.4 Å². The summed E-state index contributed by atoms with van der Waals surface area (Å²) in [4.78, 5) is 11.7. The fourth-order valence-electron chi connectivity index (χ4n) is 1.58. The third-order valence-electron chi connectivity index (χ3n) is 2.39. The van der Waals surface area contributed by atoms with Gasteiger partial charge in [0, 0.05) is 5.69 Å². The number of anilines is 1. The molecule has 0 fully saturated rings. The standard InChI is InChI=1S/C13H21N2O5P/c1-3-19-21(18,20-4-2)10-14-9-13(17)15-11-5-7-12(16)8-6-11/h5-8,14,16H,3-4,9-10H2,1-2H3,(H,15,17). The van der Waals surface area contributed by atoms with Gasteiger partial charge in [0.05, 0.1) is 26.0 Å². The number of nitrogens with one attached hydrogen (secondary N) is 2. The van der Waals surface area contributed by atoms with Crippen LogP contribution in [0.25, 0.3) is 0 Å². The maximum Gasteiger partial charge on any atom is 0.344 e. The molecule has 0 saturated carbocycles. The third kappa shape index (κ3) is 6.73. The van der Waals surface area contributed by atoms with Gasteiger partial charge in [-0.3, -0.25) is 14.7 Å². The second kappa shape index (κ2) is 8.79. The van der Waals surface area contributed by atoms with Crippen molar-refractivity contribution in [3.05, 3.63) is 24.3 Å². The van der Waals surface area contributed by atoms with Gasteiger partial charge < -0.3 is 19.5 Å². The molecule has 1 aromatic carbocycles. The van der Waals surface area contributed by atoms with Crippen molar-refractivity contribution in [2.24, 2.45) is 0 Å². The predicted octanol–water partition coefficient (Wildman–Crippen LogP) is 2.14. The zero-order valence-electron chi connectivity index (χ0n) is 12.2. The first-order valence-electron chi connectivity index (χ1n) is 6.67. The molecule has 3 N–H and O–H groups in total. The molecule has 0 aliphatic carbocycles. The highest BCUT2D eigenvalue weighted by molar-refractivity contribution is 7.53. The molecule has 7 nitrogen and oxygen atoms in total. The van der Waals surface area contributed by atoms with E-state index in [-0.39, 0.29) is 37.7 Å². The van der Waals surface area contributed by atoms with E-state index in [1.165, 1.54) is 12.1 Å². The molecule has 0 radical (unpaired) electrons. The van der Waals surface area contributed by atoms with Crippen LogP contribution in [0.4, 0.5) is 5.69 Å². The van der Waals surface area contributed by atoms with Crippen molar-refractivity contribution in [1.82, 2.24) is 5.32 Å². The zero-order chi connectivity index (χ0) is 15.7. The minimum Gasteiger partial charge on any atom is -0.508 e. The maximum absolute atomic E-state index is 12.1. The van der Waals surface area contributed by atoms with Crippen LogP contribution in [0.3, 0.4) is 0 Å². The zero-order valence-corrected chi connectivity index (χ0v) is 13.1. The highest BCUT2D eigenvalue weighted by Crippen LogP contribution is 2.46. The van der Waals surface area contributed by atoms with Crippen molar-refractivity contribution in [2.45, 2.75) is 13.8 Å². The molecule has 1 amide bonds. The molecule has 0 spiro atoms. The lowest BCUT2D eigenvalue weighted by molar-refractivity contribution is -0.115. The summed E-state index contributed by atoms with van der Waals surface area (Å²) in [6, 6.07) is 6.11. The second-order valence-corrected chi connectivity index (χ2v) is 6.18. The number of benzene rings is 1. The van der Waals surface area contributed by atoms with Gasteiger partial charge in [-0.15, -0.1) is 0 Å². The fourth-order valence-corrected chi connectivity index (χ4v) is 3.01. The van der Waals surface area contributed by atoms with Crippen LogP contribution < -0.4 is 10.6 Å². The molecule has 0 aliphatic heterocycles. The molecule has 0 atom stereocenters. The van der Waals surface area contributed by atoms with Gasteiger partial charge in [-0.1, -0.05) is 0 Å². The number of phenols is 1. The highest BCUT2D eigenvalue weighted by atomic mass is 31.2.